The van der Waals surface area contributed by atoms with Crippen LogP contribution in [0.4, 0.5) is 4.79 Å². The van der Waals surface area contributed by atoms with Crippen LogP contribution in [0.2, 0.25) is 0 Å². The molecular weight excluding hydrogens is 74.0 g/mol. The highest BCUT2D eigenvalue weighted by molar-refractivity contribution is 5.53. The molecular formula is CH6NO3+. The second kappa shape index (κ2) is 3.23. The summed E-state index contributed by atoms with van der Waals surface area (Å²) in [6.07, 6.45) is -1.83. The lowest BCUT2D eigenvalue weighted by Gasteiger charge is -1.60. The summed E-state index contributed by atoms with van der Waals surface area (Å²) in [7, 11) is 0. The highest BCUT2D eigenvalue weighted by Crippen LogP contribution is 1.42. The first-order valence-electron chi connectivity index (χ1n) is 0.651. The fourth-order valence-electron chi connectivity index (χ4n) is 0. The molecule has 0 heterocycles. The van der Waals surface area contributed by atoms with Crippen LogP contribution in [0.15, 0.2) is 0 Å². The van der Waals surface area contributed by atoms with Crippen molar-refractivity contribution in [3.05, 3.63) is 0 Å². The highest BCUT2D eigenvalue weighted by atomic mass is 16.6. The van der Waals surface area contributed by atoms with E-state index in [0.29, 0.717) is 0 Å². The lowest BCUT2D eigenvalue weighted by atomic mass is 11.5. The van der Waals surface area contributed by atoms with Gasteiger partial charge in [0.05, 0.1) is 0 Å². The average Bonchev–Trinajstić information content (AvgIpc) is 0.811. The second-order valence-corrected chi connectivity index (χ2v) is 0.283. The monoisotopic (exact) mass is 80.0 g/mol. The quantitative estimate of drug-likeness (QED) is 0.395. The van der Waals surface area contributed by atoms with Gasteiger partial charge in [0, 0.05) is 0 Å². The van der Waals surface area contributed by atoms with Crippen molar-refractivity contribution >= 4 is 6.16 Å². The SMILES string of the molecule is N.O=C(O)O.[H+]. The molecule has 0 aliphatic heterocycles. The fraction of sp³-hybridized carbons (Fsp3) is 0. The maximum absolute atomic E-state index is 8.56. The third kappa shape index (κ3) is 8.24. The van der Waals surface area contributed by atoms with Gasteiger partial charge < -0.3 is 16.4 Å². The average molecular weight is 80.1 g/mol. The summed E-state index contributed by atoms with van der Waals surface area (Å²) in [5.74, 6) is 0. The van der Waals surface area contributed by atoms with E-state index in [2.05, 4.69) is 0 Å². The molecule has 4 nitrogen and oxygen atoms in total. The molecule has 0 aromatic carbocycles. The van der Waals surface area contributed by atoms with E-state index in [-0.39, 0.29) is 7.58 Å². The summed E-state index contributed by atoms with van der Waals surface area (Å²) >= 11 is 0. The van der Waals surface area contributed by atoms with Crippen LogP contribution >= 0.6 is 0 Å². The summed E-state index contributed by atoms with van der Waals surface area (Å²) in [5.41, 5.74) is 0. The van der Waals surface area contributed by atoms with Crippen molar-refractivity contribution in [2.24, 2.45) is 0 Å². The number of carboxylic acid groups (broad SMARTS) is 2. The molecule has 0 aromatic rings. The first-order chi connectivity index (χ1) is 1.73. The number of carbonyl (C=O) groups is 1. The van der Waals surface area contributed by atoms with Crippen molar-refractivity contribution in [2.45, 2.75) is 0 Å². The predicted molar refractivity (Wildman–Crippen MR) is 16.8 cm³/mol. The van der Waals surface area contributed by atoms with Gasteiger partial charge in [0.2, 0.25) is 0 Å². The predicted octanol–water partition coefficient (Wildman–Crippen LogP) is 0.497. The summed E-state index contributed by atoms with van der Waals surface area (Å²) in [5, 5.41) is 13.9. The lowest BCUT2D eigenvalue weighted by molar-refractivity contribution is 0.137. The largest absolute Gasteiger partial charge is 1.00 e. The molecule has 0 saturated carbocycles. The van der Waals surface area contributed by atoms with Gasteiger partial charge in [0.1, 0.15) is 0 Å². The molecule has 0 fully saturated rings. The summed E-state index contributed by atoms with van der Waals surface area (Å²) in [6, 6.07) is 0. The zero-order valence-electron chi connectivity index (χ0n) is 3.51. The van der Waals surface area contributed by atoms with E-state index in [1.807, 2.05) is 0 Å². The Hall–Kier alpha value is -0.770. The van der Waals surface area contributed by atoms with Crippen LogP contribution < -0.4 is 6.15 Å². The Morgan fingerprint density at radius 3 is 1.60 bits per heavy atom. The van der Waals surface area contributed by atoms with Gasteiger partial charge >= 0.3 is 7.58 Å². The van der Waals surface area contributed by atoms with Crippen LogP contribution in [-0.2, 0) is 0 Å². The second-order valence-electron chi connectivity index (χ2n) is 0.283. The molecule has 5 heavy (non-hydrogen) atoms. The zero-order chi connectivity index (χ0) is 3.58. The smallest absolute Gasteiger partial charge is 0.450 e. The van der Waals surface area contributed by atoms with Crippen molar-refractivity contribution in [3.8, 4) is 0 Å². The maximum Gasteiger partial charge on any atom is 1.00 e. The third-order valence-corrected chi connectivity index (χ3v) is 0. The molecule has 0 aliphatic rings. The van der Waals surface area contributed by atoms with Crippen LogP contribution in [0.3, 0.4) is 0 Å². The number of hydrogen-bond donors (Lipinski definition) is 3. The minimum absolute atomic E-state index is 0. The summed E-state index contributed by atoms with van der Waals surface area (Å²) in [6.45, 7) is 0. The molecule has 0 atom stereocenters. The molecule has 0 spiro atoms. The minimum Gasteiger partial charge on any atom is -0.450 e. The van der Waals surface area contributed by atoms with Crippen molar-refractivity contribution in [1.29, 1.82) is 0 Å². The van der Waals surface area contributed by atoms with Crippen molar-refractivity contribution < 1.29 is 16.4 Å². The van der Waals surface area contributed by atoms with Crippen molar-refractivity contribution in [3.63, 3.8) is 0 Å². The summed E-state index contributed by atoms with van der Waals surface area (Å²) in [4.78, 5) is 8.56. The van der Waals surface area contributed by atoms with Crippen LogP contribution in [0.25, 0.3) is 0 Å². The van der Waals surface area contributed by atoms with E-state index < -0.39 is 6.16 Å². The van der Waals surface area contributed by atoms with E-state index in [1.54, 1.807) is 0 Å². The molecule has 4 heteroatoms. The Labute approximate surface area is 30.1 Å². The molecule has 0 rings (SSSR count). The van der Waals surface area contributed by atoms with Gasteiger partial charge in [-0.05, 0) is 0 Å². The molecule has 32 valence electrons. The molecule has 0 bridgehead atoms. The molecule has 0 aromatic heterocycles. The third-order valence-electron chi connectivity index (χ3n) is 0. The molecule has 5 N–H and O–H groups in total. The van der Waals surface area contributed by atoms with Crippen LogP contribution in [0.5, 0.6) is 0 Å². The summed E-state index contributed by atoms with van der Waals surface area (Å²) < 4.78 is 0. The van der Waals surface area contributed by atoms with E-state index >= 15 is 0 Å². The van der Waals surface area contributed by atoms with Gasteiger partial charge in [-0.15, -0.1) is 0 Å². The zero-order valence-corrected chi connectivity index (χ0v) is 2.51. The van der Waals surface area contributed by atoms with Crippen molar-refractivity contribution in [1.82, 2.24) is 6.15 Å². The molecule has 0 aliphatic carbocycles. The number of hydrogen-bond acceptors (Lipinski definition) is 2. The molecule has 0 unspecified atom stereocenters. The van der Waals surface area contributed by atoms with Gasteiger partial charge in [0.25, 0.3) is 0 Å². The van der Waals surface area contributed by atoms with E-state index in [9.17, 15) is 0 Å². The Morgan fingerprint density at radius 2 is 1.60 bits per heavy atom. The van der Waals surface area contributed by atoms with Gasteiger partial charge in [-0.1, -0.05) is 0 Å². The van der Waals surface area contributed by atoms with Gasteiger partial charge in [-0.25, -0.2) is 4.79 Å². The van der Waals surface area contributed by atoms with E-state index in [4.69, 9.17) is 15.0 Å². The van der Waals surface area contributed by atoms with E-state index in [0.717, 1.165) is 0 Å². The Bertz CT molecular complexity index is 33.8. The highest BCUT2D eigenvalue weighted by Gasteiger charge is 1.70. The fourth-order valence-corrected chi connectivity index (χ4v) is 0. The minimum atomic E-state index is -1.83. The first kappa shape index (κ1) is 8.87. The number of rotatable bonds is 0. The van der Waals surface area contributed by atoms with Crippen molar-refractivity contribution in [2.75, 3.05) is 0 Å². The Morgan fingerprint density at radius 1 is 1.60 bits per heavy atom. The Balaban J connectivity index is -0.0000000450. The van der Waals surface area contributed by atoms with Crippen LogP contribution in [0.1, 0.15) is 1.43 Å². The van der Waals surface area contributed by atoms with Gasteiger partial charge in [0.15, 0.2) is 0 Å². The van der Waals surface area contributed by atoms with E-state index in [1.165, 1.54) is 0 Å². The van der Waals surface area contributed by atoms with Crippen LogP contribution in [-0.4, -0.2) is 16.4 Å². The standard InChI is InChI=1S/CH2O3.H3N/c2-1(3)4;/h(H2,2,3,4);1H3/p+1. The lowest BCUT2D eigenvalue weighted by Crippen LogP contribution is -1.81. The normalized spacial score (nSPS) is 4.80. The molecule has 0 radical (unpaired) electrons. The van der Waals surface area contributed by atoms with Crippen LogP contribution in [0, 0.1) is 0 Å². The molecule has 0 saturated heterocycles. The topological polar surface area (TPSA) is 92.5 Å². The maximum atomic E-state index is 8.56. The van der Waals surface area contributed by atoms with Gasteiger partial charge in [-0.2, -0.15) is 0 Å². The van der Waals surface area contributed by atoms with Gasteiger partial charge in [-0.3, -0.25) is 0 Å². The molecule has 0 amide bonds. The first-order valence-corrected chi connectivity index (χ1v) is 0.651. The Kier molecular flexibility index (Phi) is 5.73.